The predicted molar refractivity (Wildman–Crippen MR) is 74.9 cm³/mol. The van der Waals surface area contributed by atoms with Crippen molar-refractivity contribution in [2.24, 2.45) is 0 Å². The Balaban J connectivity index is 2.10. The minimum atomic E-state index is 0.0851. The molecule has 2 N–H and O–H groups in total. The van der Waals surface area contributed by atoms with Gasteiger partial charge in [0, 0.05) is 6.07 Å². The van der Waals surface area contributed by atoms with Gasteiger partial charge < -0.3 is 14.9 Å². The molecular formula is C16H18O3. The molecule has 0 amide bonds. The first-order valence-corrected chi connectivity index (χ1v) is 6.24. The fourth-order valence-corrected chi connectivity index (χ4v) is 2.11. The molecule has 0 aliphatic heterocycles. The maximum absolute atomic E-state index is 9.74. The van der Waals surface area contributed by atoms with Crippen LogP contribution in [0.4, 0.5) is 0 Å². The minimum absolute atomic E-state index is 0.0851. The Bertz CT molecular complexity index is 576. The number of phenols is 2. The highest BCUT2D eigenvalue weighted by molar-refractivity contribution is 5.40. The molecule has 3 heteroatoms. The minimum Gasteiger partial charge on any atom is -0.508 e. The number of hydrogen-bond donors (Lipinski definition) is 2. The van der Waals surface area contributed by atoms with Crippen LogP contribution in [0.25, 0.3) is 0 Å². The van der Waals surface area contributed by atoms with E-state index in [1.807, 2.05) is 18.2 Å². The lowest BCUT2D eigenvalue weighted by atomic mass is 10.00. The zero-order valence-electron chi connectivity index (χ0n) is 11.2. The molecule has 0 saturated heterocycles. The fourth-order valence-electron chi connectivity index (χ4n) is 2.11. The molecule has 2 rings (SSSR count). The first-order valence-electron chi connectivity index (χ1n) is 6.24. The van der Waals surface area contributed by atoms with Crippen molar-refractivity contribution in [3.8, 4) is 17.2 Å². The molecule has 0 saturated carbocycles. The summed E-state index contributed by atoms with van der Waals surface area (Å²) in [5.41, 5.74) is 3.25. The summed E-state index contributed by atoms with van der Waals surface area (Å²) in [6, 6.07) is 10.7. The van der Waals surface area contributed by atoms with Gasteiger partial charge in [0.15, 0.2) is 0 Å². The Morgan fingerprint density at radius 1 is 0.947 bits per heavy atom. The molecule has 0 heterocycles. The normalized spacial score (nSPS) is 10.4. The number of aryl methyl sites for hydroxylation is 3. The van der Waals surface area contributed by atoms with E-state index in [2.05, 4.69) is 6.92 Å². The van der Waals surface area contributed by atoms with Gasteiger partial charge in [-0.05, 0) is 54.7 Å². The predicted octanol–water partition coefficient (Wildman–Crippen LogP) is 3.20. The van der Waals surface area contributed by atoms with Gasteiger partial charge in [-0.3, -0.25) is 0 Å². The first kappa shape index (κ1) is 13.3. The van der Waals surface area contributed by atoms with Crippen LogP contribution in [-0.4, -0.2) is 17.3 Å². The lowest BCUT2D eigenvalue weighted by Crippen LogP contribution is -1.95. The van der Waals surface area contributed by atoms with Crippen LogP contribution in [0.3, 0.4) is 0 Å². The zero-order chi connectivity index (χ0) is 13.8. The summed E-state index contributed by atoms with van der Waals surface area (Å²) >= 11 is 0. The van der Waals surface area contributed by atoms with E-state index >= 15 is 0 Å². The standard InChI is InChI=1S/C16H18O3/c1-11-9-15(19-2)8-6-12(11)3-4-13-5-7-14(17)10-16(13)18/h5-10,17-18H,3-4H2,1-2H3. The van der Waals surface area contributed by atoms with E-state index in [0.717, 1.165) is 24.2 Å². The van der Waals surface area contributed by atoms with Crippen LogP contribution in [0.1, 0.15) is 16.7 Å². The molecule has 0 radical (unpaired) electrons. The van der Waals surface area contributed by atoms with Gasteiger partial charge in [0.1, 0.15) is 17.2 Å². The van der Waals surface area contributed by atoms with Gasteiger partial charge in [0.25, 0.3) is 0 Å². The Morgan fingerprint density at radius 2 is 1.63 bits per heavy atom. The molecule has 0 aliphatic rings. The summed E-state index contributed by atoms with van der Waals surface area (Å²) in [6.07, 6.45) is 1.58. The Kier molecular flexibility index (Phi) is 3.95. The van der Waals surface area contributed by atoms with Gasteiger partial charge in [-0.15, -0.1) is 0 Å². The average Bonchev–Trinajstić information content (AvgIpc) is 2.39. The molecule has 0 fully saturated rings. The topological polar surface area (TPSA) is 49.7 Å². The van der Waals surface area contributed by atoms with Crippen molar-refractivity contribution in [3.63, 3.8) is 0 Å². The molecule has 0 spiro atoms. The van der Waals surface area contributed by atoms with E-state index in [9.17, 15) is 10.2 Å². The average molecular weight is 258 g/mol. The van der Waals surface area contributed by atoms with E-state index in [1.165, 1.54) is 17.2 Å². The Morgan fingerprint density at radius 3 is 2.26 bits per heavy atom. The van der Waals surface area contributed by atoms with Gasteiger partial charge in [-0.2, -0.15) is 0 Å². The maximum atomic E-state index is 9.74. The molecule has 2 aromatic rings. The Hall–Kier alpha value is -2.16. The van der Waals surface area contributed by atoms with E-state index in [1.54, 1.807) is 19.2 Å². The first-order chi connectivity index (χ1) is 9.10. The van der Waals surface area contributed by atoms with Crippen LogP contribution in [-0.2, 0) is 12.8 Å². The maximum Gasteiger partial charge on any atom is 0.122 e. The van der Waals surface area contributed by atoms with E-state index in [4.69, 9.17) is 4.74 Å². The lowest BCUT2D eigenvalue weighted by Gasteiger charge is -2.09. The molecular weight excluding hydrogens is 240 g/mol. The zero-order valence-corrected chi connectivity index (χ0v) is 11.2. The lowest BCUT2D eigenvalue weighted by molar-refractivity contribution is 0.414. The van der Waals surface area contributed by atoms with Crippen LogP contribution >= 0.6 is 0 Å². The molecule has 3 nitrogen and oxygen atoms in total. The van der Waals surface area contributed by atoms with Gasteiger partial charge in [0.2, 0.25) is 0 Å². The SMILES string of the molecule is COc1ccc(CCc2ccc(O)cc2O)c(C)c1. The van der Waals surface area contributed by atoms with E-state index < -0.39 is 0 Å². The van der Waals surface area contributed by atoms with Crippen LogP contribution in [0, 0.1) is 6.92 Å². The fraction of sp³-hybridized carbons (Fsp3) is 0.250. The second-order valence-electron chi connectivity index (χ2n) is 4.61. The molecule has 19 heavy (non-hydrogen) atoms. The summed E-state index contributed by atoms with van der Waals surface area (Å²) < 4.78 is 5.18. The van der Waals surface area contributed by atoms with Crippen molar-refractivity contribution < 1.29 is 14.9 Å². The summed E-state index contributed by atoms with van der Waals surface area (Å²) in [6.45, 7) is 2.05. The monoisotopic (exact) mass is 258 g/mol. The van der Waals surface area contributed by atoms with Crippen LogP contribution < -0.4 is 4.74 Å². The van der Waals surface area contributed by atoms with Gasteiger partial charge in [0.05, 0.1) is 7.11 Å². The van der Waals surface area contributed by atoms with Crippen LogP contribution in [0.5, 0.6) is 17.2 Å². The molecule has 0 aliphatic carbocycles. The van der Waals surface area contributed by atoms with Gasteiger partial charge in [-0.25, -0.2) is 0 Å². The quantitative estimate of drug-likeness (QED) is 0.885. The van der Waals surface area contributed by atoms with Crippen LogP contribution in [0.2, 0.25) is 0 Å². The third kappa shape index (κ3) is 3.19. The largest absolute Gasteiger partial charge is 0.508 e. The van der Waals surface area contributed by atoms with Crippen molar-refractivity contribution in [2.75, 3.05) is 7.11 Å². The molecule has 0 atom stereocenters. The summed E-state index contributed by atoms with van der Waals surface area (Å²) in [7, 11) is 1.66. The molecule has 0 bridgehead atoms. The number of phenolic OH excluding ortho intramolecular Hbond substituents is 2. The van der Waals surface area contributed by atoms with E-state index in [0.29, 0.717) is 0 Å². The third-order valence-electron chi connectivity index (χ3n) is 3.28. The summed E-state index contributed by atoms with van der Waals surface area (Å²) in [4.78, 5) is 0. The Labute approximate surface area is 113 Å². The summed E-state index contributed by atoms with van der Waals surface area (Å²) in [5, 5.41) is 19.0. The number of ether oxygens (including phenoxy) is 1. The number of methoxy groups -OCH3 is 1. The second kappa shape index (κ2) is 5.65. The van der Waals surface area contributed by atoms with Gasteiger partial charge >= 0.3 is 0 Å². The number of benzene rings is 2. The van der Waals surface area contributed by atoms with Crippen molar-refractivity contribution in [1.29, 1.82) is 0 Å². The highest BCUT2D eigenvalue weighted by atomic mass is 16.5. The molecule has 0 unspecified atom stereocenters. The number of rotatable bonds is 4. The van der Waals surface area contributed by atoms with Crippen LogP contribution in [0.15, 0.2) is 36.4 Å². The van der Waals surface area contributed by atoms with Crippen molar-refractivity contribution in [3.05, 3.63) is 53.1 Å². The second-order valence-corrected chi connectivity index (χ2v) is 4.61. The van der Waals surface area contributed by atoms with Gasteiger partial charge in [-0.1, -0.05) is 12.1 Å². The number of hydrogen-bond acceptors (Lipinski definition) is 3. The van der Waals surface area contributed by atoms with Crippen molar-refractivity contribution in [2.45, 2.75) is 19.8 Å². The molecule has 100 valence electrons. The smallest absolute Gasteiger partial charge is 0.122 e. The van der Waals surface area contributed by atoms with Crippen molar-refractivity contribution >= 4 is 0 Å². The highest BCUT2D eigenvalue weighted by Gasteiger charge is 2.05. The molecule has 2 aromatic carbocycles. The molecule has 0 aromatic heterocycles. The third-order valence-corrected chi connectivity index (χ3v) is 3.28. The number of aromatic hydroxyl groups is 2. The highest BCUT2D eigenvalue weighted by Crippen LogP contribution is 2.25. The van der Waals surface area contributed by atoms with E-state index in [-0.39, 0.29) is 11.5 Å². The summed E-state index contributed by atoms with van der Waals surface area (Å²) in [5.74, 6) is 1.08. The van der Waals surface area contributed by atoms with Crippen molar-refractivity contribution in [1.82, 2.24) is 0 Å².